The van der Waals surface area contributed by atoms with Gasteiger partial charge in [-0.2, -0.15) is 0 Å². The molecule has 1 aliphatic rings. The van der Waals surface area contributed by atoms with Crippen molar-refractivity contribution in [2.24, 2.45) is 5.92 Å². The zero-order valence-electron chi connectivity index (χ0n) is 13.7. The Morgan fingerprint density at radius 2 is 2.36 bits per heavy atom. The van der Waals surface area contributed by atoms with Gasteiger partial charge in [0.1, 0.15) is 5.65 Å². The molecule has 3 aromatic heterocycles. The summed E-state index contributed by atoms with van der Waals surface area (Å²) < 4.78 is 5.37. The molecular weight excluding hydrogens is 316 g/mol. The van der Waals surface area contributed by atoms with Crippen molar-refractivity contribution >= 4 is 22.4 Å². The van der Waals surface area contributed by atoms with Gasteiger partial charge >= 0.3 is 0 Å². The van der Waals surface area contributed by atoms with E-state index in [0.29, 0.717) is 18.2 Å². The maximum absolute atomic E-state index is 11.7. The molecule has 25 heavy (non-hydrogen) atoms. The summed E-state index contributed by atoms with van der Waals surface area (Å²) in [4.78, 5) is 19.3. The van der Waals surface area contributed by atoms with Crippen LogP contribution in [0.15, 0.2) is 48.0 Å². The monoisotopic (exact) mass is 334 g/mol. The molecule has 0 spiro atoms. The molecule has 0 saturated heterocycles. The van der Waals surface area contributed by atoms with Crippen LogP contribution in [-0.2, 0) is 4.79 Å². The highest BCUT2D eigenvalue weighted by Crippen LogP contribution is 2.38. The van der Waals surface area contributed by atoms with Gasteiger partial charge in [0.2, 0.25) is 12.3 Å². The highest BCUT2D eigenvalue weighted by molar-refractivity contribution is 6.00. The molecule has 1 aliphatic carbocycles. The largest absolute Gasteiger partial charge is 0.423 e. The molecule has 0 bridgehead atoms. The predicted molar refractivity (Wildman–Crippen MR) is 94.5 cm³/mol. The first-order valence-electron chi connectivity index (χ1n) is 8.33. The van der Waals surface area contributed by atoms with E-state index in [4.69, 9.17) is 4.42 Å². The number of aromatic amines is 1. The van der Waals surface area contributed by atoms with Crippen molar-refractivity contribution in [3.8, 4) is 11.5 Å². The molecule has 0 aliphatic heterocycles. The summed E-state index contributed by atoms with van der Waals surface area (Å²) in [5, 5.41) is 8.77. The van der Waals surface area contributed by atoms with Gasteiger partial charge in [-0.05, 0) is 48.5 Å². The van der Waals surface area contributed by atoms with Crippen molar-refractivity contribution in [3.63, 3.8) is 0 Å². The molecule has 0 fully saturated rings. The number of pyridine rings is 1. The van der Waals surface area contributed by atoms with Crippen LogP contribution in [0.5, 0.6) is 0 Å². The number of allylic oxidation sites excluding steroid dienone is 3. The highest BCUT2D eigenvalue weighted by atomic mass is 16.4. The van der Waals surface area contributed by atoms with Gasteiger partial charge in [0.05, 0.1) is 5.56 Å². The van der Waals surface area contributed by atoms with Crippen LogP contribution in [0.3, 0.4) is 0 Å². The molecule has 0 radical (unpaired) electrons. The minimum absolute atomic E-state index is 0.110. The van der Waals surface area contributed by atoms with Crippen molar-refractivity contribution in [2.75, 3.05) is 0 Å². The van der Waals surface area contributed by atoms with Crippen molar-refractivity contribution < 1.29 is 9.21 Å². The number of nitrogens with one attached hydrogen (secondary N) is 1. The minimum atomic E-state index is 0.110. The Bertz CT molecular complexity index is 953. The van der Waals surface area contributed by atoms with Crippen molar-refractivity contribution in [1.82, 2.24) is 20.2 Å². The summed E-state index contributed by atoms with van der Waals surface area (Å²) in [6.07, 6.45) is 12.1. The lowest BCUT2D eigenvalue weighted by Gasteiger charge is -2.22. The number of carbonyl (C=O) groups is 1. The first-order valence-corrected chi connectivity index (χ1v) is 8.33. The Morgan fingerprint density at radius 3 is 3.16 bits per heavy atom. The molecule has 4 rings (SSSR count). The van der Waals surface area contributed by atoms with Gasteiger partial charge in [-0.25, -0.2) is 4.98 Å². The van der Waals surface area contributed by atoms with E-state index in [1.54, 1.807) is 6.20 Å². The number of aromatic nitrogens is 4. The van der Waals surface area contributed by atoms with Crippen LogP contribution in [0.1, 0.15) is 31.2 Å². The summed E-state index contributed by atoms with van der Waals surface area (Å²) in [7, 11) is 0. The number of H-pyrrole nitrogens is 1. The summed E-state index contributed by atoms with van der Waals surface area (Å²) >= 11 is 0. The maximum Gasteiger partial charge on any atom is 0.249 e. The minimum Gasteiger partial charge on any atom is -0.423 e. The van der Waals surface area contributed by atoms with E-state index in [-0.39, 0.29) is 5.78 Å². The molecular formula is C19H18N4O2. The first kappa shape index (κ1) is 15.5. The standard InChI is InChI=1S/C19H18N4O2/c1-2-14(24)9-12-4-3-5-13(8-12)15-6-7-20-18-17(15)16(10-21-18)19-23-22-11-25-19/h2,5-7,10-12H,1,3-4,8-9H2,(H,20,21). The lowest BCUT2D eigenvalue weighted by atomic mass is 9.82. The number of carbonyl (C=O) groups excluding carboxylic acids is 1. The molecule has 0 amide bonds. The van der Waals surface area contributed by atoms with Gasteiger partial charge in [0.15, 0.2) is 5.78 Å². The number of hydrogen-bond donors (Lipinski definition) is 1. The fourth-order valence-corrected chi connectivity index (χ4v) is 3.53. The first-order chi connectivity index (χ1) is 12.3. The van der Waals surface area contributed by atoms with Crippen molar-refractivity contribution in [1.29, 1.82) is 0 Å². The van der Waals surface area contributed by atoms with Crippen LogP contribution < -0.4 is 0 Å². The average Bonchev–Trinajstić information content (AvgIpc) is 3.30. The maximum atomic E-state index is 11.7. The third-order valence-corrected chi connectivity index (χ3v) is 4.70. The molecule has 3 aromatic rings. The molecule has 6 heteroatoms. The van der Waals surface area contributed by atoms with Gasteiger partial charge in [-0.15, -0.1) is 10.2 Å². The topological polar surface area (TPSA) is 84.7 Å². The lowest BCUT2D eigenvalue weighted by Crippen LogP contribution is -2.11. The fourth-order valence-electron chi connectivity index (χ4n) is 3.53. The van der Waals surface area contributed by atoms with Gasteiger partial charge in [0.25, 0.3) is 0 Å². The second-order valence-electron chi connectivity index (χ2n) is 6.28. The molecule has 6 nitrogen and oxygen atoms in total. The Balaban J connectivity index is 1.74. The summed E-state index contributed by atoms with van der Waals surface area (Å²) in [6, 6.07) is 2.01. The summed E-state index contributed by atoms with van der Waals surface area (Å²) in [6.45, 7) is 3.58. The number of ketones is 1. The predicted octanol–water partition coefficient (Wildman–Crippen LogP) is 3.94. The summed E-state index contributed by atoms with van der Waals surface area (Å²) in [5.41, 5.74) is 3.98. The Hall–Kier alpha value is -3.02. The van der Waals surface area contributed by atoms with Crippen LogP contribution >= 0.6 is 0 Å². The fraction of sp³-hybridized carbons (Fsp3) is 0.263. The van der Waals surface area contributed by atoms with E-state index in [1.807, 2.05) is 12.3 Å². The third-order valence-electron chi connectivity index (χ3n) is 4.70. The molecule has 1 N–H and O–H groups in total. The van der Waals surface area contributed by atoms with Crippen LogP contribution in [-0.4, -0.2) is 25.9 Å². The number of nitrogens with zero attached hydrogens (tertiary/aromatic N) is 3. The smallest absolute Gasteiger partial charge is 0.249 e. The quantitative estimate of drug-likeness (QED) is 0.714. The Labute approximate surface area is 144 Å². The van der Waals surface area contributed by atoms with E-state index in [2.05, 4.69) is 32.8 Å². The zero-order valence-corrected chi connectivity index (χ0v) is 13.7. The third kappa shape index (κ3) is 2.91. The Kier molecular flexibility index (Phi) is 4.01. The lowest BCUT2D eigenvalue weighted by molar-refractivity contribution is -0.115. The molecule has 1 atom stereocenters. The van der Waals surface area contributed by atoms with E-state index < -0.39 is 0 Å². The van der Waals surface area contributed by atoms with Gasteiger partial charge < -0.3 is 9.40 Å². The van der Waals surface area contributed by atoms with E-state index in [9.17, 15) is 4.79 Å². The summed E-state index contributed by atoms with van der Waals surface area (Å²) in [5.74, 6) is 0.925. The van der Waals surface area contributed by atoms with Gasteiger partial charge in [-0.1, -0.05) is 12.7 Å². The van der Waals surface area contributed by atoms with E-state index >= 15 is 0 Å². The normalized spacial score (nSPS) is 17.4. The average molecular weight is 334 g/mol. The molecule has 0 aromatic carbocycles. The van der Waals surface area contributed by atoms with Gasteiger partial charge in [0, 0.05) is 24.2 Å². The molecule has 126 valence electrons. The number of hydrogen-bond acceptors (Lipinski definition) is 5. The number of rotatable bonds is 5. The van der Waals surface area contributed by atoms with Crippen molar-refractivity contribution in [2.45, 2.75) is 25.7 Å². The van der Waals surface area contributed by atoms with E-state index in [1.165, 1.54) is 18.0 Å². The van der Waals surface area contributed by atoms with Crippen LogP contribution in [0.2, 0.25) is 0 Å². The van der Waals surface area contributed by atoms with E-state index in [0.717, 1.165) is 41.4 Å². The molecule has 3 heterocycles. The van der Waals surface area contributed by atoms with Crippen LogP contribution in [0, 0.1) is 5.92 Å². The zero-order chi connectivity index (χ0) is 17.2. The highest BCUT2D eigenvalue weighted by Gasteiger charge is 2.22. The van der Waals surface area contributed by atoms with Crippen LogP contribution in [0.4, 0.5) is 0 Å². The van der Waals surface area contributed by atoms with Gasteiger partial charge in [-0.3, -0.25) is 4.79 Å². The van der Waals surface area contributed by atoms with Crippen molar-refractivity contribution in [3.05, 3.63) is 49.1 Å². The number of fused-ring (bicyclic) bond motifs is 1. The molecule has 0 saturated carbocycles. The SMILES string of the molecule is C=CC(=O)CC1CCC=C(c2ccnc3[nH]cc(-c4nnco4)c23)C1. The Morgan fingerprint density at radius 1 is 1.44 bits per heavy atom. The molecule has 1 unspecified atom stereocenters. The second-order valence-corrected chi connectivity index (χ2v) is 6.28. The second kappa shape index (κ2) is 6.47. The van der Waals surface area contributed by atoms with Crippen LogP contribution in [0.25, 0.3) is 28.1 Å².